The molecule has 2 nitrogen and oxygen atoms in total. The van der Waals surface area contributed by atoms with E-state index in [-0.39, 0.29) is 5.43 Å². The average Bonchev–Trinajstić information content (AvgIpc) is 2.16. The highest BCUT2D eigenvalue weighted by Gasteiger charge is 2.07. The standard InChI is InChI=1S/C10H7BrINO/c1-5-2-3-6(11)8-9(5)13-4-7(12)10(8)14/h2-4H,1H3,(H,13,14). The summed E-state index contributed by atoms with van der Waals surface area (Å²) in [6, 6.07) is 3.89. The molecule has 0 aliphatic rings. The molecule has 0 amide bonds. The highest BCUT2D eigenvalue weighted by atomic mass is 127. The lowest BCUT2D eigenvalue weighted by molar-refractivity contribution is 1.32. The Morgan fingerprint density at radius 1 is 1.43 bits per heavy atom. The van der Waals surface area contributed by atoms with Gasteiger partial charge >= 0.3 is 0 Å². The van der Waals surface area contributed by atoms with Crippen LogP contribution in [0.4, 0.5) is 0 Å². The first kappa shape index (κ1) is 10.2. The minimum Gasteiger partial charge on any atom is -0.360 e. The van der Waals surface area contributed by atoms with Crippen LogP contribution in [0.15, 0.2) is 27.6 Å². The normalized spacial score (nSPS) is 10.8. The van der Waals surface area contributed by atoms with Crippen LogP contribution in [0.1, 0.15) is 5.56 Å². The van der Waals surface area contributed by atoms with Gasteiger partial charge in [-0.1, -0.05) is 6.07 Å². The van der Waals surface area contributed by atoms with Crippen molar-refractivity contribution in [3.05, 3.63) is 42.2 Å². The van der Waals surface area contributed by atoms with Crippen LogP contribution in [-0.2, 0) is 0 Å². The smallest absolute Gasteiger partial charge is 0.203 e. The summed E-state index contributed by atoms with van der Waals surface area (Å²) in [5, 5.41) is 0.733. The first-order valence-corrected chi connectivity index (χ1v) is 5.94. The molecule has 0 aliphatic carbocycles. The first-order chi connectivity index (χ1) is 6.61. The van der Waals surface area contributed by atoms with Crippen molar-refractivity contribution >= 4 is 49.4 Å². The summed E-state index contributed by atoms with van der Waals surface area (Å²) in [5.41, 5.74) is 2.07. The van der Waals surface area contributed by atoms with Gasteiger partial charge in [-0.05, 0) is 57.1 Å². The van der Waals surface area contributed by atoms with E-state index in [9.17, 15) is 4.79 Å². The van der Waals surface area contributed by atoms with Crippen molar-refractivity contribution < 1.29 is 0 Å². The predicted molar refractivity (Wildman–Crippen MR) is 69.7 cm³/mol. The molecule has 72 valence electrons. The van der Waals surface area contributed by atoms with E-state index in [4.69, 9.17) is 0 Å². The number of aromatic amines is 1. The summed E-state index contributed by atoms with van der Waals surface area (Å²) in [7, 11) is 0. The summed E-state index contributed by atoms with van der Waals surface area (Å²) in [6.07, 6.45) is 1.74. The maximum atomic E-state index is 11.8. The lowest BCUT2D eigenvalue weighted by atomic mass is 10.1. The zero-order valence-corrected chi connectivity index (χ0v) is 11.1. The number of pyridine rings is 1. The summed E-state index contributed by atoms with van der Waals surface area (Å²) in [5.74, 6) is 0. The second kappa shape index (κ2) is 3.66. The van der Waals surface area contributed by atoms with Gasteiger partial charge in [0.1, 0.15) is 0 Å². The molecular formula is C10H7BrINO. The monoisotopic (exact) mass is 363 g/mol. The van der Waals surface area contributed by atoms with Gasteiger partial charge in [0.15, 0.2) is 0 Å². The van der Waals surface area contributed by atoms with Crippen LogP contribution in [0.5, 0.6) is 0 Å². The maximum Gasteiger partial charge on any atom is 0.203 e. The molecule has 1 aromatic heterocycles. The third kappa shape index (κ3) is 1.50. The second-order valence-corrected chi connectivity index (χ2v) is 5.10. The van der Waals surface area contributed by atoms with E-state index in [0.717, 1.165) is 20.9 Å². The van der Waals surface area contributed by atoms with Crippen molar-refractivity contribution in [1.29, 1.82) is 0 Å². The van der Waals surface area contributed by atoms with Crippen LogP contribution in [0.2, 0.25) is 0 Å². The Bertz CT molecular complexity index is 562. The Labute approximate surface area is 103 Å². The van der Waals surface area contributed by atoms with Crippen molar-refractivity contribution in [3.63, 3.8) is 0 Å². The topological polar surface area (TPSA) is 32.9 Å². The highest BCUT2D eigenvalue weighted by molar-refractivity contribution is 14.1. The molecule has 0 bridgehead atoms. The molecule has 0 fully saturated rings. The van der Waals surface area contributed by atoms with E-state index in [1.54, 1.807) is 6.20 Å². The van der Waals surface area contributed by atoms with Crippen LogP contribution in [0, 0.1) is 10.5 Å². The van der Waals surface area contributed by atoms with E-state index in [0.29, 0.717) is 3.57 Å². The summed E-state index contributed by atoms with van der Waals surface area (Å²) in [4.78, 5) is 15.0. The van der Waals surface area contributed by atoms with Crippen LogP contribution in [-0.4, -0.2) is 4.98 Å². The summed E-state index contributed by atoms with van der Waals surface area (Å²) >= 11 is 5.43. The molecule has 0 saturated heterocycles. The SMILES string of the molecule is Cc1ccc(Br)c2c(=O)c(I)c[nH]c12. The fourth-order valence-electron chi connectivity index (χ4n) is 1.41. The minimum atomic E-state index is 0.0786. The quantitative estimate of drug-likeness (QED) is 0.716. The zero-order chi connectivity index (χ0) is 10.3. The molecule has 1 aromatic carbocycles. The molecule has 0 atom stereocenters. The van der Waals surface area contributed by atoms with Gasteiger partial charge in [0.05, 0.1) is 14.5 Å². The largest absolute Gasteiger partial charge is 0.360 e. The number of benzene rings is 1. The highest BCUT2D eigenvalue weighted by Crippen LogP contribution is 2.22. The van der Waals surface area contributed by atoms with Gasteiger partial charge in [0.2, 0.25) is 5.43 Å². The molecule has 0 radical (unpaired) electrons. The van der Waals surface area contributed by atoms with Crippen LogP contribution in [0.3, 0.4) is 0 Å². The predicted octanol–water partition coefficient (Wildman–Crippen LogP) is 3.20. The number of hydrogen-bond acceptors (Lipinski definition) is 1. The Morgan fingerprint density at radius 2 is 2.14 bits per heavy atom. The van der Waals surface area contributed by atoms with Gasteiger partial charge in [0, 0.05) is 10.7 Å². The molecule has 1 heterocycles. The van der Waals surface area contributed by atoms with Gasteiger partial charge in [0.25, 0.3) is 0 Å². The Morgan fingerprint density at radius 3 is 2.86 bits per heavy atom. The summed E-state index contributed by atoms with van der Waals surface area (Å²) in [6.45, 7) is 1.98. The van der Waals surface area contributed by atoms with Crippen molar-refractivity contribution in [1.82, 2.24) is 4.98 Å². The number of H-pyrrole nitrogens is 1. The molecule has 0 aliphatic heterocycles. The van der Waals surface area contributed by atoms with Crippen molar-refractivity contribution in [2.45, 2.75) is 6.92 Å². The van der Waals surface area contributed by atoms with Gasteiger partial charge in [-0.2, -0.15) is 0 Å². The Balaban J connectivity index is 3.09. The number of hydrogen-bond donors (Lipinski definition) is 1. The van der Waals surface area contributed by atoms with Crippen LogP contribution in [0.25, 0.3) is 10.9 Å². The molecule has 0 saturated carbocycles. The van der Waals surface area contributed by atoms with Gasteiger partial charge in [-0.3, -0.25) is 4.79 Å². The molecule has 0 spiro atoms. The number of rotatable bonds is 0. The molecule has 14 heavy (non-hydrogen) atoms. The average molecular weight is 364 g/mol. The van der Waals surface area contributed by atoms with E-state index < -0.39 is 0 Å². The molecule has 1 N–H and O–H groups in total. The van der Waals surface area contributed by atoms with Gasteiger partial charge < -0.3 is 4.98 Å². The van der Waals surface area contributed by atoms with Crippen molar-refractivity contribution in [2.24, 2.45) is 0 Å². The fraction of sp³-hybridized carbons (Fsp3) is 0.100. The van der Waals surface area contributed by atoms with Gasteiger partial charge in [-0.15, -0.1) is 0 Å². The number of nitrogens with one attached hydrogen (secondary N) is 1. The number of aromatic nitrogens is 1. The molecule has 0 unspecified atom stereocenters. The lowest BCUT2D eigenvalue weighted by Gasteiger charge is -2.03. The van der Waals surface area contributed by atoms with E-state index in [2.05, 4.69) is 20.9 Å². The van der Waals surface area contributed by atoms with Gasteiger partial charge in [-0.25, -0.2) is 0 Å². The molecular weight excluding hydrogens is 357 g/mol. The molecule has 2 aromatic rings. The van der Waals surface area contributed by atoms with Crippen LogP contribution < -0.4 is 5.43 Å². The molecule has 4 heteroatoms. The van der Waals surface area contributed by atoms with Crippen molar-refractivity contribution in [3.8, 4) is 0 Å². The second-order valence-electron chi connectivity index (χ2n) is 3.08. The minimum absolute atomic E-state index is 0.0786. The maximum absolute atomic E-state index is 11.8. The van der Waals surface area contributed by atoms with E-state index in [1.165, 1.54) is 0 Å². The number of aryl methyl sites for hydroxylation is 1. The molecule has 2 rings (SSSR count). The lowest BCUT2D eigenvalue weighted by Crippen LogP contribution is -2.07. The van der Waals surface area contributed by atoms with Crippen LogP contribution >= 0.6 is 38.5 Å². The Hall–Kier alpha value is -0.360. The summed E-state index contributed by atoms with van der Waals surface area (Å²) < 4.78 is 1.55. The third-order valence-electron chi connectivity index (χ3n) is 2.15. The van der Waals surface area contributed by atoms with Crippen molar-refractivity contribution in [2.75, 3.05) is 0 Å². The Kier molecular flexibility index (Phi) is 2.66. The first-order valence-electron chi connectivity index (χ1n) is 4.07. The van der Waals surface area contributed by atoms with E-state index >= 15 is 0 Å². The number of halogens is 2. The fourth-order valence-corrected chi connectivity index (χ4v) is 2.35. The number of fused-ring (bicyclic) bond motifs is 1. The zero-order valence-electron chi connectivity index (χ0n) is 7.40. The third-order valence-corrected chi connectivity index (χ3v) is 3.61. The van der Waals surface area contributed by atoms with E-state index in [1.807, 2.05) is 41.6 Å².